The van der Waals surface area contributed by atoms with Crippen molar-refractivity contribution in [3.8, 4) is 0 Å². The van der Waals surface area contributed by atoms with E-state index in [2.05, 4.69) is 66.3 Å². The van der Waals surface area contributed by atoms with Crippen LogP contribution in [-0.4, -0.2) is 86.3 Å². The SMILES string of the molecule is CCN(CC)CC.CN[C@H](C)C1CCCCC1.C[C@H](C1CCCCC1)N(C)C(=O)c1nn(C2CCCCC2)c2c1CCCC2.O=C(Cl)c1nn(C2CCCCC2)c2c1CCCC2. The highest BCUT2D eigenvalue weighted by Crippen LogP contribution is 2.36. The van der Waals surface area contributed by atoms with Crippen LogP contribution in [0.25, 0.3) is 0 Å². The van der Waals surface area contributed by atoms with Gasteiger partial charge in [0.25, 0.3) is 11.1 Å². The lowest BCUT2D eigenvalue weighted by Gasteiger charge is -2.34. The predicted octanol–water partition coefficient (Wildman–Crippen LogP) is 12.5. The van der Waals surface area contributed by atoms with E-state index < -0.39 is 0 Å². The van der Waals surface area contributed by atoms with Crippen LogP contribution >= 0.6 is 11.6 Å². The first-order valence-corrected chi connectivity index (χ1v) is 26.6. The first-order valence-electron chi connectivity index (χ1n) is 26.2. The average Bonchev–Trinajstić information content (AvgIpc) is 3.93. The largest absolute Gasteiger partial charge is 0.337 e. The van der Waals surface area contributed by atoms with Gasteiger partial charge < -0.3 is 15.1 Å². The van der Waals surface area contributed by atoms with Gasteiger partial charge in [-0.1, -0.05) is 97.8 Å². The van der Waals surface area contributed by atoms with Gasteiger partial charge in [-0.25, -0.2) is 0 Å². The first-order chi connectivity index (χ1) is 30.1. The fourth-order valence-corrected chi connectivity index (χ4v) is 11.8. The summed E-state index contributed by atoms with van der Waals surface area (Å²) in [5.74, 6) is 1.78. The monoisotopic (exact) mass is 880 g/mol. The summed E-state index contributed by atoms with van der Waals surface area (Å²) in [6.07, 6.45) is 35.5. The third kappa shape index (κ3) is 13.9. The summed E-state index contributed by atoms with van der Waals surface area (Å²) < 4.78 is 4.43. The smallest absolute Gasteiger partial charge is 0.274 e. The first kappa shape index (κ1) is 50.8. The van der Waals surface area contributed by atoms with E-state index in [4.69, 9.17) is 16.7 Å². The highest BCUT2D eigenvalue weighted by atomic mass is 35.5. The Hall–Kier alpha value is -2.23. The van der Waals surface area contributed by atoms with Crippen molar-refractivity contribution in [2.45, 2.75) is 239 Å². The number of fused-ring (bicyclic) bond motifs is 2. The molecule has 0 unspecified atom stereocenters. The molecule has 0 radical (unpaired) electrons. The van der Waals surface area contributed by atoms with Crippen molar-refractivity contribution in [3.05, 3.63) is 33.9 Å². The molecule has 2 atom stereocenters. The number of nitrogens with zero attached hydrogens (tertiary/aromatic N) is 6. The fourth-order valence-electron chi connectivity index (χ4n) is 11.7. The standard InChI is InChI=1S/C23H37N3O.C14H19ClN2O.C9H19N.C6H15N/c1-17(18-11-5-3-6-12-18)25(2)23(27)22-20-15-9-10-16-21(20)26(24-22)19-13-7-4-8-14-19;15-14(18)13-11-8-4-5-9-12(11)17(16-13)10-6-2-1-3-7-10;1-8(10-2)9-6-4-3-5-7-9;1-4-7(5-2)6-3/h17-19H,3-16H2,1-2H3;10H,1-9H2;8-10H,3-7H2,1-2H3;4-6H2,1-3H3/t17-;;8-;/m1.1./s1. The fraction of sp³-hybridized carbons (Fsp3) is 0.846. The van der Waals surface area contributed by atoms with Crippen LogP contribution < -0.4 is 5.32 Å². The molecule has 0 aliphatic heterocycles. The van der Waals surface area contributed by atoms with Crippen molar-refractivity contribution in [3.63, 3.8) is 0 Å². The van der Waals surface area contributed by atoms with Crippen molar-refractivity contribution >= 4 is 22.8 Å². The molecule has 9 nitrogen and oxygen atoms in total. The van der Waals surface area contributed by atoms with E-state index in [9.17, 15) is 9.59 Å². The second-order valence-electron chi connectivity index (χ2n) is 19.9. The number of hydrogen-bond acceptors (Lipinski definition) is 6. The minimum Gasteiger partial charge on any atom is -0.337 e. The van der Waals surface area contributed by atoms with Crippen molar-refractivity contribution in [1.29, 1.82) is 0 Å². The number of halogens is 1. The van der Waals surface area contributed by atoms with Crippen LogP contribution in [0, 0.1) is 11.8 Å². The molecule has 0 saturated heterocycles. The van der Waals surface area contributed by atoms with Crippen LogP contribution in [0.5, 0.6) is 0 Å². The molecule has 4 saturated carbocycles. The zero-order chi connectivity index (χ0) is 44.4. The van der Waals surface area contributed by atoms with Gasteiger partial charge in [0.05, 0.1) is 12.1 Å². The third-order valence-corrected chi connectivity index (χ3v) is 16.2. The molecule has 0 aromatic carbocycles. The van der Waals surface area contributed by atoms with Crippen LogP contribution in [0.3, 0.4) is 0 Å². The summed E-state index contributed by atoms with van der Waals surface area (Å²) >= 11 is 5.68. The summed E-state index contributed by atoms with van der Waals surface area (Å²) in [7, 11) is 4.08. The summed E-state index contributed by atoms with van der Waals surface area (Å²) in [5.41, 5.74) is 6.39. The van der Waals surface area contributed by atoms with E-state index in [1.807, 2.05) is 11.9 Å². The van der Waals surface area contributed by atoms with Crippen LogP contribution in [0.4, 0.5) is 0 Å². The predicted molar refractivity (Wildman–Crippen MR) is 259 cm³/mol. The zero-order valence-electron chi connectivity index (χ0n) is 40.8. The van der Waals surface area contributed by atoms with Gasteiger partial charge in [-0.2, -0.15) is 10.2 Å². The second-order valence-corrected chi connectivity index (χ2v) is 20.2. The highest BCUT2D eigenvalue weighted by molar-refractivity contribution is 6.67. The Balaban J connectivity index is 0.000000177. The third-order valence-electron chi connectivity index (χ3n) is 16.1. The summed E-state index contributed by atoms with van der Waals surface area (Å²) in [6, 6.07) is 2.07. The lowest BCUT2D eigenvalue weighted by Crippen LogP contribution is -2.41. The maximum atomic E-state index is 13.4. The van der Waals surface area contributed by atoms with E-state index in [1.54, 1.807) is 0 Å². The Kier molecular flexibility index (Phi) is 21.8. The van der Waals surface area contributed by atoms with Crippen molar-refractivity contribution in [2.24, 2.45) is 11.8 Å². The molecule has 6 aliphatic rings. The van der Waals surface area contributed by atoms with E-state index in [0.717, 1.165) is 55.3 Å². The van der Waals surface area contributed by atoms with Crippen molar-refractivity contribution in [1.82, 2.24) is 34.7 Å². The molecule has 1 N–H and O–H groups in total. The van der Waals surface area contributed by atoms with Crippen LogP contribution in [-0.2, 0) is 25.7 Å². The minimum atomic E-state index is -0.386. The molecule has 1 amide bonds. The van der Waals surface area contributed by atoms with E-state index in [-0.39, 0.29) is 11.1 Å². The van der Waals surface area contributed by atoms with Gasteiger partial charge in [-0.15, -0.1) is 0 Å². The highest BCUT2D eigenvalue weighted by Gasteiger charge is 2.33. The lowest BCUT2D eigenvalue weighted by molar-refractivity contribution is 0.0657. The number of rotatable bonds is 11. The van der Waals surface area contributed by atoms with Gasteiger partial charge in [-0.3, -0.25) is 19.0 Å². The van der Waals surface area contributed by atoms with E-state index in [1.165, 1.54) is 184 Å². The van der Waals surface area contributed by atoms with Crippen LogP contribution in [0.15, 0.2) is 0 Å². The molecular formula is C52H90ClN7O2. The molecule has 62 heavy (non-hydrogen) atoms. The number of hydrogen-bond donors (Lipinski definition) is 1. The molecule has 4 fully saturated rings. The summed E-state index contributed by atoms with van der Waals surface area (Å²) in [4.78, 5) is 29.3. The van der Waals surface area contributed by atoms with Gasteiger partial charge in [0.15, 0.2) is 5.69 Å². The molecular weight excluding hydrogens is 790 g/mol. The Bertz CT molecular complexity index is 1600. The van der Waals surface area contributed by atoms with Crippen molar-refractivity contribution < 1.29 is 9.59 Å². The molecule has 2 heterocycles. The lowest BCUT2D eigenvalue weighted by atomic mass is 9.84. The number of aromatic nitrogens is 4. The molecule has 8 rings (SSSR count). The molecule has 2 aromatic heterocycles. The van der Waals surface area contributed by atoms with Gasteiger partial charge in [0.2, 0.25) is 0 Å². The van der Waals surface area contributed by atoms with E-state index in [0.29, 0.717) is 29.7 Å². The molecule has 10 heteroatoms. The quantitative estimate of drug-likeness (QED) is 0.226. The maximum absolute atomic E-state index is 13.4. The van der Waals surface area contributed by atoms with Crippen LogP contribution in [0.2, 0.25) is 0 Å². The molecule has 2 aromatic rings. The minimum absolute atomic E-state index is 0.167. The Morgan fingerprint density at radius 1 is 0.597 bits per heavy atom. The van der Waals surface area contributed by atoms with Crippen molar-refractivity contribution in [2.75, 3.05) is 33.7 Å². The Labute approximate surface area is 383 Å². The van der Waals surface area contributed by atoms with Gasteiger partial charge in [0, 0.05) is 41.6 Å². The molecule has 0 spiro atoms. The number of carbonyl (C=O) groups is 2. The van der Waals surface area contributed by atoms with Gasteiger partial charge >= 0.3 is 0 Å². The molecule has 6 aliphatic carbocycles. The van der Waals surface area contributed by atoms with E-state index >= 15 is 0 Å². The average molecular weight is 881 g/mol. The second kappa shape index (κ2) is 26.7. The van der Waals surface area contributed by atoms with Crippen LogP contribution in [0.1, 0.15) is 244 Å². The molecule has 352 valence electrons. The zero-order valence-corrected chi connectivity index (χ0v) is 41.5. The Morgan fingerprint density at radius 3 is 1.39 bits per heavy atom. The van der Waals surface area contributed by atoms with Gasteiger partial charge in [0.1, 0.15) is 5.69 Å². The normalized spacial score (nSPS) is 21.2. The topological polar surface area (TPSA) is 88.3 Å². The van der Waals surface area contributed by atoms with Gasteiger partial charge in [-0.05, 0) is 167 Å². The number of nitrogens with one attached hydrogen (secondary N) is 1. The summed E-state index contributed by atoms with van der Waals surface area (Å²) in [5, 5.41) is 12.5. The maximum Gasteiger partial charge on any atom is 0.274 e. The summed E-state index contributed by atoms with van der Waals surface area (Å²) in [6.45, 7) is 14.7. The Morgan fingerprint density at radius 2 is 0.984 bits per heavy atom. The number of amides is 1. The molecule has 0 bridgehead atoms. The number of carbonyl (C=O) groups excluding carboxylic acids is 2.